The third kappa shape index (κ3) is 6.39. The van der Waals surface area contributed by atoms with Crippen LogP contribution in [-0.4, -0.2) is 35.1 Å². The molecule has 7 nitrogen and oxygen atoms in total. The van der Waals surface area contributed by atoms with Gasteiger partial charge in [-0.05, 0) is 66.9 Å². The molecule has 10 heteroatoms. The topological polar surface area (TPSA) is 84.9 Å². The van der Waals surface area contributed by atoms with Crippen LogP contribution in [0.5, 0.6) is 11.5 Å². The molecule has 0 spiro atoms. The third-order valence-corrected chi connectivity index (χ3v) is 7.57. The summed E-state index contributed by atoms with van der Waals surface area (Å²) in [7, 11) is -1.26. The number of carbonyl (C=O) groups excluding carboxylic acids is 1. The fourth-order valence-electron chi connectivity index (χ4n) is 3.56. The fourth-order valence-corrected chi connectivity index (χ4v) is 5.46. The molecular weight excluding hydrogens is 511 g/mol. The second-order valence-corrected chi connectivity index (χ2v) is 10.6. The van der Waals surface area contributed by atoms with E-state index in [4.69, 9.17) is 32.7 Å². The Morgan fingerprint density at radius 2 is 1.57 bits per heavy atom. The van der Waals surface area contributed by atoms with Crippen LogP contribution in [0.2, 0.25) is 10.0 Å². The number of methoxy groups -OCH3 is 2. The van der Waals surface area contributed by atoms with E-state index in [0.717, 1.165) is 15.4 Å². The van der Waals surface area contributed by atoms with Gasteiger partial charge in [-0.25, -0.2) is 8.42 Å². The fraction of sp³-hybridized carbons (Fsp3) is 0.240. The van der Waals surface area contributed by atoms with Crippen molar-refractivity contribution in [3.8, 4) is 11.5 Å². The van der Waals surface area contributed by atoms with Crippen molar-refractivity contribution in [3.05, 3.63) is 81.3 Å². The van der Waals surface area contributed by atoms with Crippen molar-refractivity contribution in [1.82, 2.24) is 5.32 Å². The number of hydrogen-bond donors (Lipinski definition) is 1. The Labute approximate surface area is 215 Å². The smallest absolute Gasteiger partial charge is 0.264 e. The molecule has 0 aliphatic heterocycles. The monoisotopic (exact) mass is 536 g/mol. The Balaban J connectivity index is 1.95. The Hall–Kier alpha value is -2.94. The molecule has 0 atom stereocenters. The second kappa shape index (κ2) is 11.2. The van der Waals surface area contributed by atoms with Crippen LogP contribution in [0.25, 0.3) is 0 Å². The van der Waals surface area contributed by atoms with E-state index >= 15 is 0 Å². The minimum Gasteiger partial charge on any atom is -0.493 e. The number of nitrogens with one attached hydrogen (secondary N) is 1. The van der Waals surface area contributed by atoms with Crippen molar-refractivity contribution in [2.24, 2.45) is 0 Å². The van der Waals surface area contributed by atoms with Crippen LogP contribution in [0.15, 0.2) is 59.5 Å². The molecule has 0 fully saturated rings. The maximum Gasteiger partial charge on any atom is 0.264 e. The summed E-state index contributed by atoms with van der Waals surface area (Å²) in [6, 6.07) is 14.6. The van der Waals surface area contributed by atoms with Crippen molar-refractivity contribution in [3.63, 3.8) is 0 Å². The first-order chi connectivity index (χ1) is 16.5. The highest BCUT2D eigenvalue weighted by atomic mass is 35.5. The summed E-state index contributed by atoms with van der Waals surface area (Å²) in [5.74, 6) is 0.150. The molecule has 186 valence electrons. The molecular formula is C25H26Cl2N2O5S. The van der Waals surface area contributed by atoms with Crippen LogP contribution in [0.1, 0.15) is 16.7 Å². The lowest BCUT2D eigenvalue weighted by molar-refractivity contribution is -0.119. The Morgan fingerprint density at radius 1 is 0.914 bits per heavy atom. The number of amides is 1. The number of nitrogens with zero attached hydrogens (tertiary/aromatic N) is 1. The van der Waals surface area contributed by atoms with Crippen LogP contribution >= 0.6 is 23.2 Å². The van der Waals surface area contributed by atoms with Gasteiger partial charge in [0.1, 0.15) is 6.54 Å². The van der Waals surface area contributed by atoms with Gasteiger partial charge in [0.25, 0.3) is 10.0 Å². The van der Waals surface area contributed by atoms with E-state index in [9.17, 15) is 13.2 Å². The quantitative estimate of drug-likeness (QED) is 0.409. The molecule has 0 unspecified atom stereocenters. The van der Waals surface area contributed by atoms with E-state index < -0.39 is 22.5 Å². The molecule has 0 aliphatic rings. The van der Waals surface area contributed by atoms with Gasteiger partial charge in [0.05, 0.1) is 24.8 Å². The first kappa shape index (κ1) is 26.7. The zero-order chi connectivity index (χ0) is 25.8. The molecule has 0 saturated heterocycles. The average Bonchev–Trinajstić information content (AvgIpc) is 2.80. The summed E-state index contributed by atoms with van der Waals surface area (Å²) >= 11 is 12.1. The SMILES string of the molecule is COc1ccc(S(=O)(=O)N(CC(=O)NCc2ccc(Cl)cc2Cl)c2cc(C)cc(C)c2)cc1OC. The van der Waals surface area contributed by atoms with E-state index in [0.29, 0.717) is 27.0 Å². The van der Waals surface area contributed by atoms with Gasteiger partial charge in [-0.3, -0.25) is 9.10 Å². The van der Waals surface area contributed by atoms with Crippen molar-refractivity contribution in [1.29, 1.82) is 0 Å². The van der Waals surface area contributed by atoms with Gasteiger partial charge in [-0.2, -0.15) is 0 Å². The Kier molecular flexibility index (Phi) is 8.53. The van der Waals surface area contributed by atoms with Crippen LogP contribution in [0.3, 0.4) is 0 Å². The third-order valence-electron chi connectivity index (χ3n) is 5.22. The zero-order valence-corrected chi connectivity index (χ0v) is 22.1. The summed E-state index contributed by atoms with van der Waals surface area (Å²) in [6.07, 6.45) is 0. The van der Waals surface area contributed by atoms with Gasteiger partial charge in [0.2, 0.25) is 5.91 Å². The molecule has 3 aromatic rings. The summed E-state index contributed by atoms with van der Waals surface area (Å²) in [5.41, 5.74) is 2.75. The predicted molar refractivity (Wildman–Crippen MR) is 138 cm³/mol. The first-order valence-electron chi connectivity index (χ1n) is 10.6. The summed E-state index contributed by atoms with van der Waals surface area (Å²) in [4.78, 5) is 12.9. The number of anilines is 1. The van der Waals surface area contributed by atoms with Crippen LogP contribution in [-0.2, 0) is 21.4 Å². The number of hydrogen-bond acceptors (Lipinski definition) is 5. The number of halogens is 2. The zero-order valence-electron chi connectivity index (χ0n) is 19.8. The molecule has 0 aromatic heterocycles. The van der Waals surface area contributed by atoms with Gasteiger partial charge in [-0.15, -0.1) is 0 Å². The number of benzene rings is 3. The minimum atomic E-state index is -4.14. The molecule has 3 aromatic carbocycles. The number of aryl methyl sites for hydroxylation is 2. The van der Waals surface area contributed by atoms with Gasteiger partial charge in [0.15, 0.2) is 11.5 Å². The molecule has 0 heterocycles. The van der Waals surface area contributed by atoms with Crippen LogP contribution < -0.4 is 19.1 Å². The van der Waals surface area contributed by atoms with E-state index in [1.54, 1.807) is 30.3 Å². The van der Waals surface area contributed by atoms with E-state index in [1.165, 1.54) is 32.4 Å². The predicted octanol–water partition coefficient (Wildman–Crippen LogP) is 5.14. The van der Waals surface area contributed by atoms with Gasteiger partial charge in [0, 0.05) is 22.7 Å². The lowest BCUT2D eigenvalue weighted by Gasteiger charge is -2.25. The average molecular weight is 537 g/mol. The summed E-state index contributed by atoms with van der Waals surface area (Å²) < 4.78 is 39.0. The molecule has 0 radical (unpaired) electrons. The summed E-state index contributed by atoms with van der Waals surface area (Å²) in [6.45, 7) is 3.40. The van der Waals surface area contributed by atoms with Crippen LogP contribution in [0, 0.1) is 13.8 Å². The maximum atomic E-state index is 13.7. The molecule has 35 heavy (non-hydrogen) atoms. The standard InChI is InChI=1S/C25H26Cl2N2O5S/c1-16-9-17(2)11-20(10-16)29(15-25(30)28-14-18-5-6-19(26)12-22(18)27)35(31,32)21-7-8-23(33-3)24(13-21)34-4/h5-13H,14-15H2,1-4H3,(H,28,30). The molecule has 0 aliphatic carbocycles. The highest BCUT2D eigenvalue weighted by Crippen LogP contribution is 2.32. The van der Waals surface area contributed by atoms with Crippen LogP contribution in [0.4, 0.5) is 5.69 Å². The lowest BCUT2D eigenvalue weighted by Crippen LogP contribution is -2.40. The van der Waals surface area contributed by atoms with Gasteiger partial charge >= 0.3 is 0 Å². The van der Waals surface area contributed by atoms with E-state index in [2.05, 4.69) is 5.32 Å². The largest absolute Gasteiger partial charge is 0.493 e. The minimum absolute atomic E-state index is 0.0390. The first-order valence-corrected chi connectivity index (χ1v) is 12.8. The second-order valence-electron chi connectivity index (χ2n) is 7.89. The number of ether oxygens (including phenoxy) is 2. The molecule has 0 bridgehead atoms. The lowest BCUT2D eigenvalue weighted by atomic mass is 10.1. The van der Waals surface area contributed by atoms with Crippen molar-refractivity contribution in [2.45, 2.75) is 25.3 Å². The van der Waals surface area contributed by atoms with E-state index in [-0.39, 0.29) is 17.2 Å². The van der Waals surface area contributed by atoms with Gasteiger partial charge in [-0.1, -0.05) is 35.3 Å². The highest BCUT2D eigenvalue weighted by Gasteiger charge is 2.28. The maximum absolute atomic E-state index is 13.7. The van der Waals surface area contributed by atoms with Crippen molar-refractivity contribution in [2.75, 3.05) is 25.1 Å². The number of carbonyl (C=O) groups is 1. The van der Waals surface area contributed by atoms with Crippen molar-refractivity contribution < 1.29 is 22.7 Å². The van der Waals surface area contributed by atoms with Crippen molar-refractivity contribution >= 4 is 44.8 Å². The highest BCUT2D eigenvalue weighted by molar-refractivity contribution is 7.92. The summed E-state index contributed by atoms with van der Waals surface area (Å²) in [5, 5.41) is 3.62. The number of sulfonamides is 1. The Bertz CT molecular complexity index is 1330. The molecule has 3 rings (SSSR count). The molecule has 1 N–H and O–H groups in total. The number of rotatable bonds is 9. The molecule has 0 saturated carbocycles. The van der Waals surface area contributed by atoms with E-state index in [1.807, 2.05) is 19.9 Å². The normalized spacial score (nSPS) is 11.1. The Morgan fingerprint density at radius 3 is 2.17 bits per heavy atom. The molecule has 1 amide bonds. The van der Waals surface area contributed by atoms with Gasteiger partial charge < -0.3 is 14.8 Å².